The van der Waals surface area contributed by atoms with Gasteiger partial charge >= 0.3 is 0 Å². The molecular weight excluding hydrogens is 234 g/mol. The zero-order valence-corrected chi connectivity index (χ0v) is 10.2. The summed E-state index contributed by atoms with van der Waals surface area (Å²) in [5.41, 5.74) is 0.682. The van der Waals surface area contributed by atoms with E-state index in [1.165, 1.54) is 6.08 Å². The normalized spacial score (nSPS) is 10.3. The first-order valence-corrected chi connectivity index (χ1v) is 5.49. The maximum Gasteiger partial charge on any atom is 0.235 e. The van der Waals surface area contributed by atoms with E-state index >= 15 is 0 Å². The Balaban J connectivity index is 2.94. The fraction of sp³-hybridized carbons (Fsp3) is 0.231. The standard InChI is InChI=1S/C13H15NO4/c1-3-9-18-12-6-5-11(7-8-14(15)16)10-13(12)17-4-2/h3,5-8,10H,1,4,9H2,2H3/b8-7+. The third-order valence-corrected chi connectivity index (χ3v) is 2.01. The number of rotatable bonds is 7. The van der Waals surface area contributed by atoms with E-state index < -0.39 is 4.92 Å². The molecule has 0 fully saturated rings. The molecule has 0 heterocycles. The first kappa shape index (κ1) is 13.8. The lowest BCUT2D eigenvalue weighted by atomic mass is 10.2. The SMILES string of the molecule is C=CCOc1ccc(/C=C/[N+](=O)[O-])cc1OCC. The molecule has 0 bridgehead atoms. The van der Waals surface area contributed by atoms with E-state index in [-0.39, 0.29) is 0 Å². The first-order valence-electron chi connectivity index (χ1n) is 5.49. The fourth-order valence-corrected chi connectivity index (χ4v) is 1.31. The molecule has 0 saturated heterocycles. The third-order valence-electron chi connectivity index (χ3n) is 2.01. The lowest BCUT2D eigenvalue weighted by Gasteiger charge is -2.11. The molecular formula is C13H15NO4. The van der Waals surface area contributed by atoms with Gasteiger partial charge in [0.25, 0.3) is 0 Å². The summed E-state index contributed by atoms with van der Waals surface area (Å²) in [6, 6.07) is 5.14. The van der Waals surface area contributed by atoms with Gasteiger partial charge < -0.3 is 9.47 Å². The maximum absolute atomic E-state index is 10.2. The van der Waals surface area contributed by atoms with Crippen LogP contribution < -0.4 is 9.47 Å². The van der Waals surface area contributed by atoms with Crippen LogP contribution in [0.4, 0.5) is 0 Å². The van der Waals surface area contributed by atoms with Crippen LogP contribution in [-0.2, 0) is 0 Å². The van der Waals surface area contributed by atoms with Crippen molar-refractivity contribution >= 4 is 6.08 Å². The van der Waals surface area contributed by atoms with Crippen LogP contribution in [0, 0.1) is 10.1 Å². The van der Waals surface area contributed by atoms with Crippen molar-refractivity contribution in [2.45, 2.75) is 6.92 Å². The molecule has 0 aliphatic carbocycles. The Morgan fingerprint density at radius 3 is 2.78 bits per heavy atom. The smallest absolute Gasteiger partial charge is 0.235 e. The molecule has 0 aliphatic heterocycles. The molecule has 0 atom stereocenters. The molecule has 96 valence electrons. The lowest BCUT2D eigenvalue weighted by Crippen LogP contribution is -1.99. The van der Waals surface area contributed by atoms with Gasteiger partial charge in [-0.2, -0.15) is 0 Å². The van der Waals surface area contributed by atoms with E-state index in [9.17, 15) is 10.1 Å². The zero-order chi connectivity index (χ0) is 13.4. The second-order valence-electron chi connectivity index (χ2n) is 3.34. The predicted octanol–water partition coefficient (Wildman–Crippen LogP) is 2.90. The van der Waals surface area contributed by atoms with Crippen LogP contribution in [0.25, 0.3) is 6.08 Å². The van der Waals surface area contributed by atoms with Crippen molar-refractivity contribution in [3.8, 4) is 11.5 Å². The maximum atomic E-state index is 10.2. The largest absolute Gasteiger partial charge is 0.490 e. The molecule has 0 spiro atoms. The van der Waals surface area contributed by atoms with Crippen LogP contribution in [0.1, 0.15) is 12.5 Å². The Morgan fingerprint density at radius 2 is 2.17 bits per heavy atom. The number of hydrogen-bond donors (Lipinski definition) is 0. The Bertz CT molecular complexity index is 454. The molecule has 0 radical (unpaired) electrons. The lowest BCUT2D eigenvalue weighted by molar-refractivity contribution is -0.400. The number of nitro groups is 1. The molecule has 1 aromatic rings. The highest BCUT2D eigenvalue weighted by atomic mass is 16.6. The average molecular weight is 249 g/mol. The molecule has 0 N–H and O–H groups in total. The van der Waals surface area contributed by atoms with E-state index in [4.69, 9.17) is 9.47 Å². The summed E-state index contributed by atoms with van der Waals surface area (Å²) in [6.45, 7) is 6.30. The van der Waals surface area contributed by atoms with Gasteiger partial charge in [-0.15, -0.1) is 0 Å². The number of benzene rings is 1. The van der Waals surface area contributed by atoms with Crippen molar-refractivity contribution in [2.75, 3.05) is 13.2 Å². The molecule has 18 heavy (non-hydrogen) atoms. The molecule has 0 aromatic heterocycles. The first-order chi connectivity index (χ1) is 8.67. The van der Waals surface area contributed by atoms with Crippen LogP contribution in [0.2, 0.25) is 0 Å². The summed E-state index contributed by atoms with van der Waals surface area (Å²) in [6.07, 6.45) is 3.92. The highest BCUT2D eigenvalue weighted by Gasteiger charge is 2.05. The van der Waals surface area contributed by atoms with Gasteiger partial charge in [0.1, 0.15) is 6.61 Å². The Hall–Kier alpha value is -2.30. The van der Waals surface area contributed by atoms with Crippen LogP contribution in [-0.4, -0.2) is 18.1 Å². The van der Waals surface area contributed by atoms with Crippen molar-refractivity contribution in [1.82, 2.24) is 0 Å². The topological polar surface area (TPSA) is 61.6 Å². The van der Waals surface area contributed by atoms with Gasteiger partial charge in [0.2, 0.25) is 6.20 Å². The second-order valence-corrected chi connectivity index (χ2v) is 3.34. The van der Waals surface area contributed by atoms with Gasteiger partial charge in [-0.25, -0.2) is 0 Å². The van der Waals surface area contributed by atoms with Crippen molar-refractivity contribution in [3.05, 3.63) is 52.7 Å². The second kappa shape index (κ2) is 7.11. The summed E-state index contributed by atoms with van der Waals surface area (Å²) in [5, 5.41) is 10.2. The number of nitrogens with zero attached hydrogens (tertiary/aromatic N) is 1. The summed E-state index contributed by atoms with van der Waals surface area (Å²) < 4.78 is 10.8. The Kier molecular flexibility index (Phi) is 5.44. The van der Waals surface area contributed by atoms with E-state index in [0.717, 1.165) is 6.20 Å². The minimum Gasteiger partial charge on any atom is -0.490 e. The summed E-state index contributed by atoms with van der Waals surface area (Å²) in [4.78, 5) is 9.73. The molecule has 0 amide bonds. The Morgan fingerprint density at radius 1 is 1.39 bits per heavy atom. The van der Waals surface area contributed by atoms with Crippen LogP contribution >= 0.6 is 0 Å². The van der Waals surface area contributed by atoms with E-state index in [1.54, 1.807) is 24.3 Å². The molecule has 0 saturated carbocycles. The van der Waals surface area contributed by atoms with Gasteiger partial charge in [0.05, 0.1) is 11.5 Å². The summed E-state index contributed by atoms with van der Waals surface area (Å²) in [7, 11) is 0. The van der Waals surface area contributed by atoms with Gasteiger partial charge in [0.15, 0.2) is 11.5 Å². The fourth-order valence-electron chi connectivity index (χ4n) is 1.31. The molecule has 5 heteroatoms. The minimum absolute atomic E-state index is 0.379. The molecule has 5 nitrogen and oxygen atoms in total. The highest BCUT2D eigenvalue weighted by molar-refractivity contribution is 5.55. The van der Waals surface area contributed by atoms with E-state index in [2.05, 4.69) is 6.58 Å². The van der Waals surface area contributed by atoms with Gasteiger partial charge in [-0.3, -0.25) is 10.1 Å². The monoisotopic (exact) mass is 249 g/mol. The van der Waals surface area contributed by atoms with Gasteiger partial charge in [0, 0.05) is 6.08 Å². The summed E-state index contributed by atoms with van der Waals surface area (Å²) >= 11 is 0. The van der Waals surface area contributed by atoms with Crippen LogP contribution in [0.15, 0.2) is 37.1 Å². The Labute approximate surface area is 105 Å². The molecule has 0 unspecified atom stereocenters. The quantitative estimate of drug-likeness (QED) is 0.423. The number of hydrogen-bond acceptors (Lipinski definition) is 4. The summed E-state index contributed by atoms with van der Waals surface area (Å²) in [5.74, 6) is 1.15. The zero-order valence-electron chi connectivity index (χ0n) is 10.2. The molecule has 1 aromatic carbocycles. The van der Waals surface area contributed by atoms with Gasteiger partial charge in [-0.05, 0) is 24.6 Å². The van der Waals surface area contributed by atoms with Crippen LogP contribution in [0.3, 0.4) is 0 Å². The predicted molar refractivity (Wildman–Crippen MR) is 69.3 cm³/mol. The van der Waals surface area contributed by atoms with E-state index in [1.807, 2.05) is 6.92 Å². The average Bonchev–Trinajstić information content (AvgIpc) is 2.35. The molecule has 1 rings (SSSR count). The highest BCUT2D eigenvalue weighted by Crippen LogP contribution is 2.29. The van der Waals surface area contributed by atoms with Crippen LogP contribution in [0.5, 0.6) is 11.5 Å². The van der Waals surface area contributed by atoms with Gasteiger partial charge in [-0.1, -0.05) is 18.7 Å². The minimum atomic E-state index is -0.511. The number of ether oxygens (including phenoxy) is 2. The van der Waals surface area contributed by atoms with Crippen molar-refractivity contribution in [1.29, 1.82) is 0 Å². The van der Waals surface area contributed by atoms with Crippen molar-refractivity contribution in [3.63, 3.8) is 0 Å². The van der Waals surface area contributed by atoms with Crippen molar-refractivity contribution < 1.29 is 14.4 Å². The van der Waals surface area contributed by atoms with Crippen molar-refractivity contribution in [2.24, 2.45) is 0 Å². The third kappa shape index (κ3) is 4.29. The van der Waals surface area contributed by atoms with E-state index in [0.29, 0.717) is 30.3 Å². The molecule has 0 aliphatic rings.